The van der Waals surface area contributed by atoms with E-state index in [1.165, 1.54) is 25.7 Å². The van der Waals surface area contributed by atoms with E-state index in [1.54, 1.807) is 0 Å². The van der Waals surface area contributed by atoms with Crippen molar-refractivity contribution >= 4 is 12.0 Å². The first-order valence-corrected chi connectivity index (χ1v) is 8.54. The third kappa shape index (κ3) is 5.83. The summed E-state index contributed by atoms with van der Waals surface area (Å²) in [5.74, 6) is -0.959. The highest BCUT2D eigenvalue weighted by molar-refractivity contribution is 5.74. The number of hydrogen-bond acceptors (Lipinski definition) is 3. The number of carboxylic acids is 1. The number of carboxylic acid groups (broad SMARTS) is 1. The Labute approximate surface area is 132 Å². The van der Waals surface area contributed by atoms with Crippen LogP contribution in [0.4, 0.5) is 4.79 Å². The van der Waals surface area contributed by atoms with Crippen molar-refractivity contribution in [3.63, 3.8) is 0 Å². The maximum Gasteiger partial charge on any atom is 0.315 e. The van der Waals surface area contributed by atoms with Gasteiger partial charge >= 0.3 is 12.0 Å². The van der Waals surface area contributed by atoms with Gasteiger partial charge in [0.05, 0.1) is 12.0 Å². The lowest BCUT2D eigenvalue weighted by Gasteiger charge is -2.26. The zero-order valence-electron chi connectivity index (χ0n) is 13.2. The van der Waals surface area contributed by atoms with E-state index >= 15 is 0 Å². The van der Waals surface area contributed by atoms with Crippen LogP contribution in [0.15, 0.2) is 0 Å². The zero-order chi connectivity index (χ0) is 15.8. The average molecular weight is 312 g/mol. The monoisotopic (exact) mass is 312 g/mol. The van der Waals surface area contributed by atoms with Crippen LogP contribution in [0.25, 0.3) is 0 Å². The third-order valence-electron chi connectivity index (χ3n) is 4.67. The Morgan fingerprint density at radius 2 is 1.73 bits per heavy atom. The van der Waals surface area contributed by atoms with Gasteiger partial charge in [0.15, 0.2) is 0 Å². The zero-order valence-corrected chi connectivity index (χ0v) is 13.2. The van der Waals surface area contributed by atoms with E-state index in [2.05, 4.69) is 10.6 Å². The van der Waals surface area contributed by atoms with Gasteiger partial charge in [-0.3, -0.25) is 4.79 Å². The summed E-state index contributed by atoms with van der Waals surface area (Å²) in [7, 11) is 0. The van der Waals surface area contributed by atoms with Crippen molar-refractivity contribution in [2.45, 2.75) is 69.9 Å². The Bertz CT molecular complexity index is 361. The van der Waals surface area contributed by atoms with Crippen LogP contribution in [0.2, 0.25) is 0 Å². The summed E-state index contributed by atoms with van der Waals surface area (Å²) < 4.78 is 5.74. The SMILES string of the molecule is O=C(NCCCOC1CCCC1)NC1CCC(C(=O)O)CC1. The Kier molecular flexibility index (Phi) is 6.96. The summed E-state index contributed by atoms with van der Waals surface area (Å²) in [4.78, 5) is 22.6. The molecule has 0 aromatic heterocycles. The first-order chi connectivity index (χ1) is 10.6. The third-order valence-corrected chi connectivity index (χ3v) is 4.67. The molecule has 6 heteroatoms. The summed E-state index contributed by atoms with van der Waals surface area (Å²) in [6.45, 7) is 1.32. The molecule has 0 aromatic carbocycles. The number of rotatable bonds is 7. The van der Waals surface area contributed by atoms with Gasteiger partial charge in [-0.1, -0.05) is 12.8 Å². The van der Waals surface area contributed by atoms with Crippen LogP contribution in [0.3, 0.4) is 0 Å². The van der Waals surface area contributed by atoms with Gasteiger partial charge < -0.3 is 20.5 Å². The number of carbonyl (C=O) groups is 2. The molecule has 2 fully saturated rings. The number of hydrogen-bond donors (Lipinski definition) is 3. The molecule has 2 aliphatic carbocycles. The molecule has 2 saturated carbocycles. The molecule has 0 aromatic rings. The number of nitrogens with one attached hydrogen (secondary N) is 2. The van der Waals surface area contributed by atoms with Crippen LogP contribution in [-0.2, 0) is 9.53 Å². The van der Waals surface area contributed by atoms with Crippen molar-refractivity contribution in [3.05, 3.63) is 0 Å². The molecular formula is C16H28N2O4. The lowest BCUT2D eigenvalue weighted by atomic mass is 9.86. The smallest absolute Gasteiger partial charge is 0.315 e. The quantitative estimate of drug-likeness (QED) is 0.629. The standard InChI is InChI=1S/C16H28N2O4/c19-15(20)12-6-8-13(9-7-12)18-16(21)17-10-3-11-22-14-4-1-2-5-14/h12-14H,1-11H2,(H,19,20)(H2,17,18,21). The topological polar surface area (TPSA) is 87.7 Å². The highest BCUT2D eigenvalue weighted by Crippen LogP contribution is 2.24. The van der Waals surface area contributed by atoms with E-state index in [4.69, 9.17) is 9.84 Å². The Morgan fingerprint density at radius 3 is 2.36 bits per heavy atom. The molecule has 2 amide bonds. The molecule has 0 aliphatic heterocycles. The minimum Gasteiger partial charge on any atom is -0.481 e. The second-order valence-corrected chi connectivity index (χ2v) is 6.42. The van der Waals surface area contributed by atoms with Gasteiger partial charge in [-0.05, 0) is 44.9 Å². The fourth-order valence-corrected chi connectivity index (χ4v) is 3.30. The number of amides is 2. The van der Waals surface area contributed by atoms with Crippen molar-refractivity contribution < 1.29 is 19.4 Å². The summed E-state index contributed by atoms with van der Waals surface area (Å²) in [6, 6.07) is -0.0509. The number of aliphatic carboxylic acids is 1. The molecule has 0 bridgehead atoms. The number of urea groups is 1. The molecule has 0 spiro atoms. The van der Waals surface area contributed by atoms with E-state index in [0.717, 1.165) is 19.3 Å². The van der Waals surface area contributed by atoms with Gasteiger partial charge in [-0.25, -0.2) is 4.79 Å². The van der Waals surface area contributed by atoms with Gasteiger partial charge in [0.25, 0.3) is 0 Å². The highest BCUT2D eigenvalue weighted by atomic mass is 16.5. The van der Waals surface area contributed by atoms with E-state index in [0.29, 0.717) is 32.1 Å². The molecule has 0 heterocycles. The van der Waals surface area contributed by atoms with Gasteiger partial charge in [-0.2, -0.15) is 0 Å². The molecule has 6 nitrogen and oxygen atoms in total. The van der Waals surface area contributed by atoms with Crippen molar-refractivity contribution in [3.8, 4) is 0 Å². The van der Waals surface area contributed by atoms with Crippen LogP contribution in [0.5, 0.6) is 0 Å². The molecule has 0 saturated heterocycles. The summed E-state index contributed by atoms with van der Waals surface area (Å²) in [5, 5.41) is 14.7. The number of carbonyl (C=O) groups excluding carboxylic acids is 1. The molecule has 126 valence electrons. The van der Waals surface area contributed by atoms with Crippen LogP contribution >= 0.6 is 0 Å². The second kappa shape index (κ2) is 8.98. The predicted molar refractivity (Wildman–Crippen MR) is 82.7 cm³/mol. The van der Waals surface area contributed by atoms with Crippen molar-refractivity contribution in [2.75, 3.05) is 13.2 Å². The molecule has 2 rings (SSSR count). The van der Waals surface area contributed by atoms with Crippen LogP contribution < -0.4 is 10.6 Å². The number of ether oxygens (including phenoxy) is 1. The second-order valence-electron chi connectivity index (χ2n) is 6.42. The average Bonchev–Trinajstić information content (AvgIpc) is 3.00. The predicted octanol–water partition coefficient (Wildman–Crippen LogP) is 2.28. The molecular weight excluding hydrogens is 284 g/mol. The van der Waals surface area contributed by atoms with E-state index < -0.39 is 5.97 Å². The molecule has 0 atom stereocenters. The highest BCUT2D eigenvalue weighted by Gasteiger charge is 2.26. The molecule has 0 radical (unpaired) electrons. The van der Waals surface area contributed by atoms with E-state index in [9.17, 15) is 9.59 Å². The normalized spacial score (nSPS) is 25.8. The van der Waals surface area contributed by atoms with Crippen LogP contribution in [0, 0.1) is 5.92 Å². The maximum atomic E-state index is 11.8. The Hall–Kier alpha value is -1.30. The molecule has 3 N–H and O–H groups in total. The minimum atomic E-state index is -0.717. The van der Waals surface area contributed by atoms with Gasteiger partial charge in [-0.15, -0.1) is 0 Å². The van der Waals surface area contributed by atoms with E-state index in [-0.39, 0.29) is 18.0 Å². The van der Waals surface area contributed by atoms with Gasteiger partial charge in [0.1, 0.15) is 0 Å². The Balaban J connectivity index is 1.48. The molecule has 22 heavy (non-hydrogen) atoms. The van der Waals surface area contributed by atoms with Crippen LogP contribution in [-0.4, -0.2) is 42.4 Å². The fraction of sp³-hybridized carbons (Fsp3) is 0.875. The molecule has 0 unspecified atom stereocenters. The van der Waals surface area contributed by atoms with E-state index in [1.807, 2.05) is 0 Å². The maximum absolute atomic E-state index is 11.8. The Morgan fingerprint density at radius 1 is 1.05 bits per heavy atom. The van der Waals surface area contributed by atoms with Crippen molar-refractivity contribution in [1.29, 1.82) is 0 Å². The van der Waals surface area contributed by atoms with Crippen molar-refractivity contribution in [2.24, 2.45) is 5.92 Å². The lowest BCUT2D eigenvalue weighted by molar-refractivity contribution is -0.142. The summed E-state index contributed by atoms with van der Waals surface area (Å²) in [6.07, 6.45) is 8.94. The first-order valence-electron chi connectivity index (χ1n) is 8.54. The van der Waals surface area contributed by atoms with Gasteiger partial charge in [0, 0.05) is 19.2 Å². The first kappa shape index (κ1) is 17.1. The van der Waals surface area contributed by atoms with Crippen LogP contribution in [0.1, 0.15) is 57.8 Å². The fourth-order valence-electron chi connectivity index (χ4n) is 3.30. The summed E-state index contributed by atoms with van der Waals surface area (Å²) >= 11 is 0. The summed E-state index contributed by atoms with van der Waals surface area (Å²) in [5.41, 5.74) is 0. The lowest BCUT2D eigenvalue weighted by Crippen LogP contribution is -2.44. The van der Waals surface area contributed by atoms with Crippen molar-refractivity contribution in [1.82, 2.24) is 10.6 Å². The largest absolute Gasteiger partial charge is 0.481 e. The minimum absolute atomic E-state index is 0.102. The molecule has 2 aliphatic rings. The van der Waals surface area contributed by atoms with Gasteiger partial charge in [0.2, 0.25) is 0 Å².